The number of amides is 4. The Morgan fingerprint density at radius 1 is 1.00 bits per heavy atom. The molecule has 140 valence electrons. The third-order valence-electron chi connectivity index (χ3n) is 4.10. The van der Waals surface area contributed by atoms with Crippen molar-refractivity contribution < 1.29 is 19.1 Å². The largest absolute Gasteiger partial charge is 0.497 e. The number of methoxy groups -OCH3 is 1. The van der Waals surface area contributed by atoms with E-state index in [0.29, 0.717) is 34.8 Å². The second-order valence-corrected chi connectivity index (χ2v) is 6.69. The second-order valence-electron chi connectivity index (χ2n) is 6.69. The fourth-order valence-corrected chi connectivity index (χ4v) is 2.89. The summed E-state index contributed by atoms with van der Waals surface area (Å²) in [5, 5.41) is 5.37. The van der Waals surface area contributed by atoms with E-state index in [0.717, 1.165) is 0 Å². The quantitative estimate of drug-likeness (QED) is 0.791. The summed E-state index contributed by atoms with van der Waals surface area (Å²) < 4.78 is 5.12. The molecule has 4 amide bonds. The lowest BCUT2D eigenvalue weighted by Crippen LogP contribution is -2.33. The molecular weight excluding hydrogens is 346 g/mol. The Kier molecular flexibility index (Phi) is 5.12. The number of hydrogen-bond acceptors (Lipinski definition) is 4. The van der Waals surface area contributed by atoms with E-state index in [-0.39, 0.29) is 17.7 Å². The Labute approximate surface area is 157 Å². The molecule has 7 nitrogen and oxygen atoms in total. The summed E-state index contributed by atoms with van der Waals surface area (Å²) >= 11 is 0. The third kappa shape index (κ3) is 3.92. The highest BCUT2D eigenvalue weighted by Crippen LogP contribution is 2.26. The van der Waals surface area contributed by atoms with Gasteiger partial charge in [-0.05, 0) is 36.2 Å². The van der Waals surface area contributed by atoms with Crippen LogP contribution in [0.2, 0.25) is 0 Å². The fourth-order valence-electron chi connectivity index (χ4n) is 2.89. The first kappa shape index (κ1) is 18.4. The number of anilines is 2. The number of rotatable bonds is 5. The Bertz CT molecular complexity index is 908. The van der Waals surface area contributed by atoms with Crippen LogP contribution >= 0.6 is 0 Å². The van der Waals surface area contributed by atoms with Crippen LogP contribution in [-0.4, -0.2) is 36.4 Å². The van der Waals surface area contributed by atoms with E-state index < -0.39 is 6.03 Å². The third-order valence-corrected chi connectivity index (χ3v) is 4.10. The van der Waals surface area contributed by atoms with Crippen molar-refractivity contribution in [2.75, 3.05) is 24.3 Å². The summed E-state index contributed by atoms with van der Waals surface area (Å²) in [6, 6.07) is 11.2. The van der Waals surface area contributed by atoms with Gasteiger partial charge in [-0.25, -0.2) is 4.79 Å². The Morgan fingerprint density at radius 3 is 2.33 bits per heavy atom. The van der Waals surface area contributed by atoms with Crippen LogP contribution in [0.5, 0.6) is 5.75 Å². The molecule has 0 radical (unpaired) electrons. The molecular formula is C20H21N3O4. The number of fused-ring (bicyclic) bond motifs is 1. The van der Waals surface area contributed by atoms with Crippen LogP contribution in [0.1, 0.15) is 34.6 Å². The van der Waals surface area contributed by atoms with E-state index in [2.05, 4.69) is 10.6 Å². The van der Waals surface area contributed by atoms with Gasteiger partial charge in [-0.1, -0.05) is 19.9 Å². The summed E-state index contributed by atoms with van der Waals surface area (Å²) in [6.07, 6.45) is 0. The Hall–Kier alpha value is -3.35. The highest BCUT2D eigenvalue weighted by Gasteiger charge is 2.35. The predicted octanol–water partition coefficient (Wildman–Crippen LogP) is 3.59. The molecule has 27 heavy (non-hydrogen) atoms. The smallest absolute Gasteiger partial charge is 0.323 e. The van der Waals surface area contributed by atoms with Crippen LogP contribution in [0.4, 0.5) is 16.2 Å². The first-order valence-electron chi connectivity index (χ1n) is 8.61. The molecule has 0 fully saturated rings. The molecule has 0 bridgehead atoms. The lowest BCUT2D eigenvalue weighted by molar-refractivity contribution is 0.0636. The van der Waals surface area contributed by atoms with E-state index in [9.17, 15) is 14.4 Å². The SMILES string of the molecule is COc1cccc(NC(=O)Nc2ccc3c(c2)C(=O)N(CC(C)C)C3=O)c1. The van der Waals surface area contributed by atoms with Gasteiger partial charge in [0, 0.05) is 24.0 Å². The van der Waals surface area contributed by atoms with Gasteiger partial charge >= 0.3 is 6.03 Å². The Morgan fingerprint density at radius 2 is 1.67 bits per heavy atom. The van der Waals surface area contributed by atoms with Gasteiger partial charge in [0.25, 0.3) is 11.8 Å². The van der Waals surface area contributed by atoms with Crippen molar-refractivity contribution in [1.82, 2.24) is 4.90 Å². The van der Waals surface area contributed by atoms with Gasteiger partial charge in [-0.15, -0.1) is 0 Å². The molecule has 0 aliphatic carbocycles. The molecule has 0 aromatic heterocycles. The number of carbonyl (C=O) groups excluding carboxylic acids is 3. The number of nitrogens with zero attached hydrogens (tertiary/aromatic N) is 1. The predicted molar refractivity (Wildman–Crippen MR) is 102 cm³/mol. The normalized spacial score (nSPS) is 13.0. The Balaban J connectivity index is 1.73. The van der Waals surface area contributed by atoms with E-state index in [1.807, 2.05) is 13.8 Å². The maximum absolute atomic E-state index is 12.5. The van der Waals surface area contributed by atoms with E-state index in [1.165, 1.54) is 11.0 Å². The summed E-state index contributed by atoms with van der Waals surface area (Å²) in [5.74, 6) is 0.176. The zero-order valence-corrected chi connectivity index (χ0v) is 15.4. The van der Waals surface area contributed by atoms with E-state index in [1.54, 1.807) is 43.5 Å². The van der Waals surface area contributed by atoms with Crippen molar-refractivity contribution in [3.63, 3.8) is 0 Å². The van der Waals surface area contributed by atoms with Gasteiger partial charge in [0.1, 0.15) is 5.75 Å². The second kappa shape index (κ2) is 7.49. The number of ether oxygens (including phenoxy) is 1. The number of benzene rings is 2. The molecule has 2 N–H and O–H groups in total. The summed E-state index contributed by atoms with van der Waals surface area (Å²) in [5.41, 5.74) is 1.67. The number of hydrogen-bond donors (Lipinski definition) is 2. The van der Waals surface area contributed by atoms with Crippen LogP contribution in [0.25, 0.3) is 0 Å². The maximum atomic E-state index is 12.5. The van der Waals surface area contributed by atoms with Crippen molar-refractivity contribution in [1.29, 1.82) is 0 Å². The van der Waals surface area contributed by atoms with Crippen LogP contribution in [-0.2, 0) is 0 Å². The topological polar surface area (TPSA) is 87.7 Å². The van der Waals surface area contributed by atoms with Crippen LogP contribution in [0.15, 0.2) is 42.5 Å². The maximum Gasteiger partial charge on any atom is 0.323 e. The highest BCUT2D eigenvalue weighted by atomic mass is 16.5. The van der Waals surface area contributed by atoms with Crippen molar-refractivity contribution in [3.8, 4) is 5.75 Å². The zero-order chi connectivity index (χ0) is 19.6. The van der Waals surface area contributed by atoms with E-state index >= 15 is 0 Å². The molecule has 1 aliphatic heterocycles. The van der Waals surface area contributed by atoms with Gasteiger partial charge in [0.15, 0.2) is 0 Å². The monoisotopic (exact) mass is 367 g/mol. The minimum absolute atomic E-state index is 0.179. The molecule has 1 heterocycles. The van der Waals surface area contributed by atoms with Crippen molar-refractivity contribution in [2.45, 2.75) is 13.8 Å². The molecule has 0 atom stereocenters. The van der Waals surface area contributed by atoms with Gasteiger partial charge in [-0.3, -0.25) is 14.5 Å². The summed E-state index contributed by atoms with van der Waals surface area (Å²) in [4.78, 5) is 38.3. The van der Waals surface area contributed by atoms with Crippen molar-refractivity contribution in [3.05, 3.63) is 53.6 Å². The molecule has 2 aromatic carbocycles. The number of nitrogens with one attached hydrogen (secondary N) is 2. The zero-order valence-electron chi connectivity index (χ0n) is 15.4. The van der Waals surface area contributed by atoms with Gasteiger partial charge in [0.2, 0.25) is 0 Å². The number of carbonyl (C=O) groups is 3. The minimum Gasteiger partial charge on any atom is -0.497 e. The summed E-state index contributed by atoms with van der Waals surface area (Å²) in [6.45, 7) is 4.25. The van der Waals surface area contributed by atoms with Gasteiger partial charge in [0.05, 0.1) is 18.2 Å². The molecule has 0 unspecified atom stereocenters. The van der Waals surface area contributed by atoms with Crippen molar-refractivity contribution >= 4 is 29.2 Å². The molecule has 2 aromatic rings. The van der Waals surface area contributed by atoms with Crippen LogP contribution in [0, 0.1) is 5.92 Å². The minimum atomic E-state index is -0.459. The van der Waals surface area contributed by atoms with Crippen LogP contribution < -0.4 is 15.4 Å². The molecule has 0 spiro atoms. The highest BCUT2D eigenvalue weighted by molar-refractivity contribution is 6.22. The molecule has 0 saturated carbocycles. The lowest BCUT2D eigenvalue weighted by Gasteiger charge is -2.15. The van der Waals surface area contributed by atoms with Gasteiger partial charge < -0.3 is 15.4 Å². The van der Waals surface area contributed by atoms with Gasteiger partial charge in [-0.2, -0.15) is 0 Å². The molecule has 7 heteroatoms. The molecule has 0 saturated heterocycles. The van der Waals surface area contributed by atoms with E-state index in [4.69, 9.17) is 4.74 Å². The average Bonchev–Trinajstić information content (AvgIpc) is 2.86. The number of urea groups is 1. The standard InChI is InChI=1S/C20H21N3O4/c1-12(2)11-23-18(24)16-8-7-14(10-17(16)19(23)25)22-20(26)21-13-5-4-6-15(9-13)27-3/h4-10,12H,11H2,1-3H3,(H2,21,22,26). The van der Waals surface area contributed by atoms with Crippen molar-refractivity contribution in [2.24, 2.45) is 5.92 Å². The fraction of sp³-hybridized carbons (Fsp3) is 0.250. The first-order chi connectivity index (χ1) is 12.9. The first-order valence-corrected chi connectivity index (χ1v) is 8.61. The van der Waals surface area contributed by atoms with Crippen LogP contribution in [0.3, 0.4) is 0 Å². The number of imide groups is 1. The summed E-state index contributed by atoms with van der Waals surface area (Å²) in [7, 11) is 1.55. The average molecular weight is 367 g/mol. The molecule has 1 aliphatic rings. The molecule has 3 rings (SSSR count). The lowest BCUT2D eigenvalue weighted by atomic mass is 10.1.